The van der Waals surface area contributed by atoms with Crippen molar-refractivity contribution in [3.8, 4) is 11.5 Å². The number of rotatable bonds is 6. The summed E-state index contributed by atoms with van der Waals surface area (Å²) in [5.74, 6) is 1.79. The lowest BCUT2D eigenvalue weighted by Crippen LogP contribution is -2.14. The molecule has 0 fully saturated rings. The van der Waals surface area contributed by atoms with E-state index < -0.39 is 0 Å². The Kier molecular flexibility index (Phi) is 6.32. The molecule has 2 nitrogen and oxygen atoms in total. The average Bonchev–Trinajstić information content (AvgIpc) is 2.92. The summed E-state index contributed by atoms with van der Waals surface area (Å²) in [5.41, 5.74) is 2.48. The molecule has 0 aliphatic heterocycles. The van der Waals surface area contributed by atoms with Crippen molar-refractivity contribution in [3.63, 3.8) is 0 Å². The summed E-state index contributed by atoms with van der Waals surface area (Å²) in [4.78, 5) is 0. The monoisotopic (exact) mass is 504 g/mol. The SMILES string of the molecule is Cc1ccc2ccc(C)c(POc3ccc4ccccc4c3)c2c1POc1ccc2ccccc2c1. The smallest absolute Gasteiger partial charge is 0.124 e. The van der Waals surface area contributed by atoms with Gasteiger partial charge in [0.1, 0.15) is 29.1 Å². The molecule has 2 unspecified atom stereocenters. The minimum absolute atomic E-state index is 0.205. The molecular weight excluding hydrogens is 478 g/mol. The minimum atomic E-state index is 0.205. The number of hydrogen-bond acceptors (Lipinski definition) is 2. The van der Waals surface area contributed by atoms with E-state index in [9.17, 15) is 0 Å². The fraction of sp³-hybridized carbons (Fsp3) is 0.0625. The molecule has 6 aromatic rings. The number of aryl methyl sites for hydroxylation is 2. The highest BCUT2D eigenvalue weighted by atomic mass is 31.1. The van der Waals surface area contributed by atoms with E-state index in [2.05, 4.69) is 123 Å². The van der Waals surface area contributed by atoms with Crippen molar-refractivity contribution in [2.75, 3.05) is 0 Å². The molecule has 0 aliphatic rings. The summed E-state index contributed by atoms with van der Waals surface area (Å²) >= 11 is 0. The third-order valence-electron chi connectivity index (χ3n) is 6.59. The van der Waals surface area contributed by atoms with Gasteiger partial charge in [-0.05, 0) is 76.2 Å². The van der Waals surface area contributed by atoms with Gasteiger partial charge >= 0.3 is 0 Å². The van der Waals surface area contributed by atoms with Crippen molar-refractivity contribution in [2.24, 2.45) is 0 Å². The van der Waals surface area contributed by atoms with Crippen LogP contribution in [0, 0.1) is 13.8 Å². The second kappa shape index (κ2) is 9.90. The van der Waals surface area contributed by atoms with Gasteiger partial charge in [-0.3, -0.25) is 0 Å². The fourth-order valence-corrected chi connectivity index (χ4v) is 6.62. The largest absolute Gasteiger partial charge is 0.472 e. The molecule has 0 N–H and O–H groups in total. The van der Waals surface area contributed by atoms with Crippen LogP contribution in [0.15, 0.2) is 109 Å². The molecule has 0 amide bonds. The Morgan fingerprint density at radius 1 is 0.444 bits per heavy atom. The standard InChI is InChI=1S/C32H26O2P2/c1-21-11-13-25-14-12-22(2)32(36-34-29-18-16-24-8-4-6-10-27(24)20-29)30(25)31(21)35-33-28-17-15-23-7-3-5-9-26(23)19-28/h3-20,35-36H,1-2H3. The fourth-order valence-electron chi connectivity index (χ4n) is 4.57. The summed E-state index contributed by atoms with van der Waals surface area (Å²) in [6.07, 6.45) is 0. The summed E-state index contributed by atoms with van der Waals surface area (Å²) < 4.78 is 12.8. The highest BCUT2D eigenvalue weighted by Gasteiger charge is 2.14. The zero-order valence-electron chi connectivity index (χ0n) is 20.2. The first-order valence-corrected chi connectivity index (χ1v) is 13.8. The van der Waals surface area contributed by atoms with Crippen LogP contribution in [0.4, 0.5) is 0 Å². The first-order valence-electron chi connectivity index (χ1n) is 12.0. The average molecular weight is 505 g/mol. The summed E-state index contributed by atoms with van der Waals surface area (Å²) in [5, 5.41) is 9.79. The first kappa shape index (κ1) is 23.0. The summed E-state index contributed by atoms with van der Waals surface area (Å²) in [6, 6.07) is 38.2. The molecule has 176 valence electrons. The quantitative estimate of drug-likeness (QED) is 0.212. The van der Waals surface area contributed by atoms with Gasteiger partial charge in [0.15, 0.2) is 0 Å². The highest BCUT2D eigenvalue weighted by molar-refractivity contribution is 7.45. The molecular formula is C32H26O2P2. The van der Waals surface area contributed by atoms with Crippen molar-refractivity contribution in [2.45, 2.75) is 13.8 Å². The molecule has 0 saturated carbocycles. The second-order valence-electron chi connectivity index (χ2n) is 9.04. The van der Waals surface area contributed by atoms with E-state index in [0.717, 1.165) is 11.5 Å². The lowest BCUT2D eigenvalue weighted by Gasteiger charge is -2.17. The second-order valence-corrected chi connectivity index (χ2v) is 10.9. The lowest BCUT2D eigenvalue weighted by molar-refractivity contribution is 0.639. The van der Waals surface area contributed by atoms with E-state index in [0.29, 0.717) is 0 Å². The van der Waals surface area contributed by atoms with E-state index >= 15 is 0 Å². The van der Waals surface area contributed by atoms with Crippen molar-refractivity contribution in [1.82, 2.24) is 0 Å². The molecule has 0 heterocycles. The van der Waals surface area contributed by atoms with Gasteiger partial charge in [0.05, 0.1) is 0 Å². The van der Waals surface area contributed by atoms with Crippen LogP contribution in [-0.2, 0) is 0 Å². The van der Waals surface area contributed by atoms with Crippen LogP contribution < -0.4 is 19.7 Å². The Morgan fingerprint density at radius 2 is 0.861 bits per heavy atom. The van der Waals surface area contributed by atoms with Gasteiger partial charge in [-0.2, -0.15) is 0 Å². The maximum atomic E-state index is 6.38. The molecule has 2 atom stereocenters. The molecule has 0 bridgehead atoms. The lowest BCUT2D eigenvalue weighted by atomic mass is 10.0. The van der Waals surface area contributed by atoms with Gasteiger partial charge in [-0.15, -0.1) is 0 Å². The van der Waals surface area contributed by atoms with Gasteiger partial charge in [0.2, 0.25) is 0 Å². The van der Waals surface area contributed by atoms with Crippen LogP contribution >= 0.6 is 17.6 Å². The van der Waals surface area contributed by atoms with Crippen molar-refractivity contribution in [3.05, 3.63) is 120 Å². The van der Waals surface area contributed by atoms with Gasteiger partial charge < -0.3 is 9.05 Å². The predicted molar refractivity (Wildman–Crippen MR) is 158 cm³/mol. The number of fused-ring (bicyclic) bond motifs is 3. The minimum Gasteiger partial charge on any atom is -0.472 e. The van der Waals surface area contributed by atoms with Crippen LogP contribution in [0.2, 0.25) is 0 Å². The number of hydrogen-bond donors (Lipinski definition) is 0. The molecule has 6 rings (SSSR count). The Balaban J connectivity index is 1.33. The first-order chi connectivity index (χ1) is 17.7. The van der Waals surface area contributed by atoms with Crippen LogP contribution in [0.25, 0.3) is 32.3 Å². The van der Waals surface area contributed by atoms with Gasteiger partial charge in [0, 0.05) is 16.0 Å². The highest BCUT2D eigenvalue weighted by Crippen LogP contribution is 2.32. The molecule has 36 heavy (non-hydrogen) atoms. The van der Waals surface area contributed by atoms with Crippen molar-refractivity contribution >= 4 is 60.5 Å². The molecule has 0 aliphatic carbocycles. The zero-order valence-corrected chi connectivity index (χ0v) is 22.2. The molecule has 4 heteroatoms. The Bertz CT molecular complexity index is 1600. The third-order valence-corrected chi connectivity index (χ3v) is 8.96. The third kappa shape index (κ3) is 4.56. The Hall–Kier alpha value is -3.44. The van der Waals surface area contributed by atoms with E-state index in [1.165, 1.54) is 54.1 Å². The summed E-state index contributed by atoms with van der Waals surface area (Å²) in [6.45, 7) is 4.34. The molecule has 0 aromatic heterocycles. The van der Waals surface area contributed by atoms with Gasteiger partial charge in [-0.25, -0.2) is 0 Å². The molecule has 0 saturated heterocycles. The Labute approximate surface area is 215 Å². The van der Waals surface area contributed by atoms with Crippen LogP contribution in [-0.4, -0.2) is 0 Å². The number of benzene rings is 6. The summed E-state index contributed by atoms with van der Waals surface area (Å²) in [7, 11) is 0.411. The predicted octanol–water partition coefficient (Wildman–Crippen LogP) is 8.36. The topological polar surface area (TPSA) is 18.5 Å². The van der Waals surface area contributed by atoms with Crippen LogP contribution in [0.1, 0.15) is 11.1 Å². The van der Waals surface area contributed by atoms with Crippen molar-refractivity contribution in [1.29, 1.82) is 0 Å². The van der Waals surface area contributed by atoms with Gasteiger partial charge in [-0.1, -0.05) is 84.9 Å². The maximum Gasteiger partial charge on any atom is 0.124 e. The van der Waals surface area contributed by atoms with E-state index in [1.807, 2.05) is 0 Å². The maximum absolute atomic E-state index is 6.38. The van der Waals surface area contributed by atoms with E-state index in [4.69, 9.17) is 9.05 Å². The van der Waals surface area contributed by atoms with E-state index in [-0.39, 0.29) is 17.6 Å². The Morgan fingerprint density at radius 3 is 1.33 bits per heavy atom. The van der Waals surface area contributed by atoms with Crippen molar-refractivity contribution < 1.29 is 9.05 Å². The van der Waals surface area contributed by atoms with Crippen LogP contribution in [0.5, 0.6) is 11.5 Å². The van der Waals surface area contributed by atoms with E-state index in [1.54, 1.807) is 0 Å². The molecule has 6 aromatic carbocycles. The molecule has 0 radical (unpaired) electrons. The van der Waals surface area contributed by atoms with Crippen LogP contribution in [0.3, 0.4) is 0 Å². The normalized spacial score (nSPS) is 11.9. The molecule has 0 spiro atoms. The van der Waals surface area contributed by atoms with Gasteiger partial charge in [0.25, 0.3) is 0 Å². The zero-order chi connectivity index (χ0) is 24.5.